The fourth-order valence-electron chi connectivity index (χ4n) is 2.38. The van der Waals surface area contributed by atoms with Gasteiger partial charge in [-0.05, 0) is 50.1 Å². The molecule has 124 valence electrons. The van der Waals surface area contributed by atoms with Crippen LogP contribution in [0.4, 0.5) is 5.00 Å². The van der Waals surface area contributed by atoms with Crippen LogP contribution in [0.3, 0.4) is 0 Å². The van der Waals surface area contributed by atoms with E-state index in [1.165, 1.54) is 11.3 Å². The molecule has 1 aromatic heterocycles. The molecule has 5 nitrogen and oxygen atoms in total. The van der Waals surface area contributed by atoms with Crippen molar-refractivity contribution in [1.29, 1.82) is 5.26 Å². The van der Waals surface area contributed by atoms with Crippen LogP contribution in [-0.4, -0.2) is 18.5 Å². The highest BCUT2D eigenvalue weighted by Gasteiger charge is 2.23. The van der Waals surface area contributed by atoms with Crippen LogP contribution < -0.4 is 5.32 Å². The summed E-state index contributed by atoms with van der Waals surface area (Å²) in [5.74, 6) is -0.747. The zero-order valence-electron chi connectivity index (χ0n) is 13.8. The van der Waals surface area contributed by atoms with E-state index in [1.54, 1.807) is 31.2 Å². The molecule has 1 amide bonds. The Morgan fingerprint density at radius 1 is 1.25 bits per heavy atom. The van der Waals surface area contributed by atoms with Gasteiger partial charge in [0.2, 0.25) is 0 Å². The minimum absolute atomic E-state index is 0.278. The van der Waals surface area contributed by atoms with Gasteiger partial charge in [-0.15, -0.1) is 11.3 Å². The van der Waals surface area contributed by atoms with Crippen molar-refractivity contribution in [3.8, 4) is 6.07 Å². The number of esters is 1. The maximum Gasteiger partial charge on any atom is 0.341 e. The first-order valence-electron chi connectivity index (χ1n) is 7.62. The quantitative estimate of drug-likeness (QED) is 0.835. The molecule has 0 bridgehead atoms. The standard InChI is InChI=1S/C18H18N2O3S/c1-4-14-11(3)24-17(15(14)18(22)23-5-2)20-16(21)13-8-6-12(10-19)7-9-13/h6-9H,4-5H2,1-3H3,(H,20,21). The van der Waals surface area contributed by atoms with Gasteiger partial charge in [0.1, 0.15) is 5.00 Å². The van der Waals surface area contributed by atoms with E-state index in [9.17, 15) is 9.59 Å². The number of hydrogen-bond donors (Lipinski definition) is 1. The number of carbonyl (C=O) groups excluding carboxylic acids is 2. The van der Waals surface area contributed by atoms with Crippen molar-refractivity contribution >= 4 is 28.2 Å². The third-order valence-electron chi connectivity index (χ3n) is 3.55. The van der Waals surface area contributed by atoms with Crippen LogP contribution in [0.1, 0.15) is 50.6 Å². The van der Waals surface area contributed by atoms with E-state index in [2.05, 4.69) is 5.32 Å². The number of nitrogens with one attached hydrogen (secondary N) is 1. The Balaban J connectivity index is 2.32. The van der Waals surface area contributed by atoms with Crippen LogP contribution >= 0.6 is 11.3 Å². The van der Waals surface area contributed by atoms with Gasteiger partial charge < -0.3 is 10.1 Å². The SMILES string of the molecule is CCOC(=O)c1c(NC(=O)c2ccc(C#N)cc2)sc(C)c1CC. The number of nitriles is 1. The van der Waals surface area contributed by atoms with Gasteiger partial charge in [0, 0.05) is 10.4 Å². The van der Waals surface area contributed by atoms with Crippen molar-refractivity contribution in [2.24, 2.45) is 0 Å². The van der Waals surface area contributed by atoms with E-state index in [1.807, 2.05) is 19.9 Å². The molecule has 0 aliphatic heterocycles. The average molecular weight is 342 g/mol. The summed E-state index contributed by atoms with van der Waals surface area (Å²) in [5.41, 5.74) is 2.24. The second-order valence-corrected chi connectivity index (χ2v) is 6.28. The van der Waals surface area contributed by atoms with Crippen molar-refractivity contribution in [2.45, 2.75) is 27.2 Å². The third kappa shape index (κ3) is 3.63. The van der Waals surface area contributed by atoms with Crippen LogP contribution in [-0.2, 0) is 11.2 Å². The Hall–Kier alpha value is -2.65. The molecule has 0 aliphatic rings. The van der Waals surface area contributed by atoms with Crippen LogP contribution in [0.2, 0.25) is 0 Å². The van der Waals surface area contributed by atoms with Gasteiger partial charge in [-0.2, -0.15) is 5.26 Å². The maximum absolute atomic E-state index is 12.4. The smallest absolute Gasteiger partial charge is 0.341 e. The van der Waals surface area contributed by atoms with Crippen molar-refractivity contribution in [2.75, 3.05) is 11.9 Å². The van der Waals surface area contributed by atoms with Gasteiger partial charge >= 0.3 is 5.97 Å². The number of amides is 1. The summed E-state index contributed by atoms with van der Waals surface area (Å²) < 4.78 is 5.12. The Morgan fingerprint density at radius 2 is 1.92 bits per heavy atom. The summed E-state index contributed by atoms with van der Waals surface area (Å²) in [6.45, 7) is 5.91. The summed E-state index contributed by atoms with van der Waals surface area (Å²) in [6.07, 6.45) is 0.684. The van der Waals surface area contributed by atoms with E-state index < -0.39 is 5.97 Å². The lowest BCUT2D eigenvalue weighted by molar-refractivity contribution is 0.0527. The minimum Gasteiger partial charge on any atom is -0.462 e. The fourth-order valence-corrected chi connectivity index (χ4v) is 3.51. The second kappa shape index (κ2) is 7.75. The Morgan fingerprint density at radius 3 is 2.46 bits per heavy atom. The third-order valence-corrected chi connectivity index (χ3v) is 4.61. The van der Waals surface area contributed by atoms with Crippen LogP contribution in [0.5, 0.6) is 0 Å². The summed E-state index contributed by atoms with van der Waals surface area (Å²) in [7, 11) is 0. The molecule has 0 unspecified atom stereocenters. The maximum atomic E-state index is 12.4. The lowest BCUT2D eigenvalue weighted by Crippen LogP contribution is -2.15. The summed E-state index contributed by atoms with van der Waals surface area (Å²) >= 11 is 1.37. The Bertz CT molecular complexity index is 801. The average Bonchev–Trinajstić information content (AvgIpc) is 2.90. The van der Waals surface area contributed by atoms with E-state index in [4.69, 9.17) is 10.00 Å². The summed E-state index contributed by atoms with van der Waals surface area (Å²) in [6, 6.07) is 8.34. The molecule has 2 rings (SSSR count). The molecule has 0 saturated carbocycles. The van der Waals surface area contributed by atoms with Crippen LogP contribution in [0.25, 0.3) is 0 Å². The van der Waals surface area contributed by atoms with Gasteiger partial charge in [-0.1, -0.05) is 6.92 Å². The molecule has 1 N–H and O–H groups in total. The van der Waals surface area contributed by atoms with E-state index in [-0.39, 0.29) is 12.5 Å². The van der Waals surface area contributed by atoms with E-state index in [0.29, 0.717) is 28.1 Å². The predicted molar refractivity (Wildman–Crippen MR) is 93.5 cm³/mol. The topological polar surface area (TPSA) is 79.2 Å². The molecule has 2 aromatic rings. The number of ether oxygens (including phenoxy) is 1. The first-order chi connectivity index (χ1) is 11.5. The molecular weight excluding hydrogens is 324 g/mol. The minimum atomic E-state index is -0.422. The number of thiophene rings is 1. The first-order valence-corrected chi connectivity index (χ1v) is 8.44. The number of carbonyl (C=O) groups is 2. The summed E-state index contributed by atoms with van der Waals surface area (Å²) in [4.78, 5) is 25.7. The lowest BCUT2D eigenvalue weighted by Gasteiger charge is -2.08. The monoisotopic (exact) mass is 342 g/mol. The number of benzene rings is 1. The largest absolute Gasteiger partial charge is 0.462 e. The zero-order valence-corrected chi connectivity index (χ0v) is 14.6. The Kier molecular flexibility index (Phi) is 5.72. The van der Waals surface area contributed by atoms with Crippen molar-refractivity contribution < 1.29 is 14.3 Å². The number of anilines is 1. The zero-order chi connectivity index (χ0) is 17.7. The number of hydrogen-bond acceptors (Lipinski definition) is 5. The predicted octanol–water partition coefficient (Wildman–Crippen LogP) is 3.92. The highest BCUT2D eigenvalue weighted by atomic mass is 32.1. The van der Waals surface area contributed by atoms with Crippen molar-refractivity contribution in [3.63, 3.8) is 0 Å². The van der Waals surface area contributed by atoms with E-state index in [0.717, 1.165) is 10.4 Å². The van der Waals surface area contributed by atoms with Gasteiger partial charge in [-0.3, -0.25) is 4.79 Å². The van der Waals surface area contributed by atoms with Crippen LogP contribution in [0.15, 0.2) is 24.3 Å². The van der Waals surface area contributed by atoms with E-state index >= 15 is 0 Å². The normalized spacial score (nSPS) is 10.1. The first kappa shape index (κ1) is 17.7. The van der Waals surface area contributed by atoms with Crippen molar-refractivity contribution in [3.05, 3.63) is 51.4 Å². The molecule has 0 atom stereocenters. The van der Waals surface area contributed by atoms with Crippen molar-refractivity contribution in [1.82, 2.24) is 0 Å². The molecular formula is C18H18N2O3S. The summed E-state index contributed by atoms with van der Waals surface area (Å²) in [5, 5.41) is 12.1. The van der Waals surface area contributed by atoms with Gasteiger partial charge in [0.05, 0.1) is 23.8 Å². The van der Waals surface area contributed by atoms with Gasteiger partial charge in [0.15, 0.2) is 0 Å². The highest BCUT2D eigenvalue weighted by molar-refractivity contribution is 7.16. The van der Waals surface area contributed by atoms with Gasteiger partial charge in [0.25, 0.3) is 5.91 Å². The molecule has 6 heteroatoms. The molecule has 1 heterocycles. The molecule has 0 aliphatic carbocycles. The van der Waals surface area contributed by atoms with Gasteiger partial charge in [-0.25, -0.2) is 4.79 Å². The highest BCUT2D eigenvalue weighted by Crippen LogP contribution is 2.34. The number of nitrogens with zero attached hydrogens (tertiary/aromatic N) is 1. The molecule has 0 radical (unpaired) electrons. The molecule has 0 saturated heterocycles. The molecule has 0 spiro atoms. The molecule has 1 aromatic carbocycles. The fraction of sp³-hybridized carbons (Fsp3) is 0.278. The number of rotatable bonds is 5. The molecule has 0 fully saturated rings. The van der Waals surface area contributed by atoms with Crippen LogP contribution in [0, 0.1) is 18.3 Å². The molecule has 24 heavy (non-hydrogen) atoms. The second-order valence-electron chi connectivity index (χ2n) is 5.06. The Labute approximate surface area is 144 Å². The lowest BCUT2D eigenvalue weighted by atomic mass is 10.1. The number of aryl methyl sites for hydroxylation is 1.